The second-order valence-corrected chi connectivity index (χ2v) is 4.70. The zero-order chi connectivity index (χ0) is 13.8. The molecule has 0 aromatic heterocycles. The first-order valence-corrected chi connectivity index (χ1v) is 6.26. The summed E-state index contributed by atoms with van der Waals surface area (Å²) in [6.07, 6.45) is -1.19. The van der Waals surface area contributed by atoms with Gasteiger partial charge in [0.1, 0.15) is 0 Å². The number of hydrogen-bond acceptors (Lipinski definition) is 2. The molecule has 1 amide bonds. The van der Waals surface area contributed by atoms with Crippen molar-refractivity contribution in [3.63, 3.8) is 0 Å². The lowest BCUT2D eigenvalue weighted by molar-refractivity contribution is -0.124. The highest BCUT2D eigenvalue weighted by atomic mass is 35.5. The summed E-state index contributed by atoms with van der Waals surface area (Å²) in [5.41, 5.74) is 2.05. The van der Waals surface area contributed by atoms with Crippen molar-refractivity contribution in [2.24, 2.45) is 0 Å². The summed E-state index contributed by atoms with van der Waals surface area (Å²) >= 11 is 5.88. The third-order valence-corrected chi connectivity index (χ3v) is 3.06. The van der Waals surface area contributed by atoms with Crippen LogP contribution in [-0.4, -0.2) is 11.0 Å². The first-order chi connectivity index (χ1) is 9.08. The van der Waals surface area contributed by atoms with Crippen LogP contribution in [0.25, 0.3) is 0 Å². The molecule has 98 valence electrons. The van der Waals surface area contributed by atoms with Crippen LogP contribution in [0.3, 0.4) is 0 Å². The number of aryl methyl sites for hydroxylation is 1. The fraction of sp³-hybridized carbons (Fsp3) is 0.133. The number of carbonyl (C=O) groups is 1. The van der Waals surface area contributed by atoms with Gasteiger partial charge < -0.3 is 10.4 Å². The number of anilines is 1. The molecular formula is C15H14ClNO2. The van der Waals surface area contributed by atoms with Gasteiger partial charge in [0, 0.05) is 10.7 Å². The largest absolute Gasteiger partial charge is 0.378 e. The Kier molecular flexibility index (Phi) is 4.20. The third kappa shape index (κ3) is 3.34. The molecule has 2 aromatic carbocycles. The number of benzene rings is 2. The smallest absolute Gasteiger partial charge is 0.257 e. The Morgan fingerprint density at radius 3 is 2.58 bits per heavy atom. The molecular weight excluding hydrogens is 262 g/mol. The highest BCUT2D eigenvalue weighted by molar-refractivity contribution is 6.31. The average Bonchev–Trinajstić information content (AvgIpc) is 2.43. The number of nitrogens with one attached hydrogen (secondary N) is 1. The molecule has 0 radical (unpaired) electrons. The molecule has 2 N–H and O–H groups in total. The molecule has 0 bridgehead atoms. The fourth-order valence-electron chi connectivity index (χ4n) is 1.72. The summed E-state index contributed by atoms with van der Waals surface area (Å²) in [6.45, 7) is 1.86. The number of rotatable bonds is 3. The maximum absolute atomic E-state index is 12.0. The quantitative estimate of drug-likeness (QED) is 0.903. The van der Waals surface area contributed by atoms with Crippen molar-refractivity contribution in [2.75, 3.05) is 5.32 Å². The average molecular weight is 276 g/mol. The van der Waals surface area contributed by atoms with E-state index < -0.39 is 12.0 Å². The van der Waals surface area contributed by atoms with E-state index in [0.717, 1.165) is 5.56 Å². The lowest BCUT2D eigenvalue weighted by atomic mass is 10.1. The van der Waals surface area contributed by atoms with Crippen LogP contribution in [-0.2, 0) is 4.79 Å². The van der Waals surface area contributed by atoms with Crippen molar-refractivity contribution < 1.29 is 9.90 Å². The number of aliphatic hydroxyl groups is 1. The predicted octanol–water partition coefficient (Wildman–Crippen LogP) is 3.32. The van der Waals surface area contributed by atoms with E-state index in [-0.39, 0.29) is 0 Å². The van der Waals surface area contributed by atoms with Crippen LogP contribution in [0.15, 0.2) is 48.5 Å². The molecule has 2 aromatic rings. The van der Waals surface area contributed by atoms with Gasteiger partial charge in [0.05, 0.1) is 0 Å². The summed E-state index contributed by atoms with van der Waals surface area (Å²) in [5, 5.41) is 13.2. The van der Waals surface area contributed by atoms with E-state index in [1.54, 1.807) is 36.4 Å². The molecule has 0 heterocycles. The number of hydrogen-bond donors (Lipinski definition) is 2. The van der Waals surface area contributed by atoms with E-state index in [0.29, 0.717) is 16.3 Å². The van der Waals surface area contributed by atoms with Crippen LogP contribution in [0.5, 0.6) is 0 Å². The summed E-state index contributed by atoms with van der Waals surface area (Å²) in [5.74, 6) is -0.475. The van der Waals surface area contributed by atoms with Gasteiger partial charge in [0.25, 0.3) is 5.91 Å². The molecule has 4 heteroatoms. The standard InChI is InChI=1S/C15H14ClNO2/c1-10-7-8-12(16)9-13(10)17-15(19)14(18)11-5-3-2-4-6-11/h2-9,14,18H,1H3,(H,17,19). The summed E-state index contributed by atoms with van der Waals surface area (Å²) in [7, 11) is 0. The highest BCUT2D eigenvalue weighted by Gasteiger charge is 2.17. The van der Waals surface area contributed by atoms with Crippen molar-refractivity contribution in [1.82, 2.24) is 0 Å². The van der Waals surface area contributed by atoms with Gasteiger partial charge in [-0.25, -0.2) is 0 Å². The number of aliphatic hydroxyl groups excluding tert-OH is 1. The van der Waals surface area contributed by atoms with E-state index in [4.69, 9.17) is 11.6 Å². The third-order valence-electron chi connectivity index (χ3n) is 2.82. The van der Waals surface area contributed by atoms with E-state index in [2.05, 4.69) is 5.32 Å². The highest BCUT2D eigenvalue weighted by Crippen LogP contribution is 2.22. The Morgan fingerprint density at radius 2 is 1.89 bits per heavy atom. The minimum Gasteiger partial charge on any atom is -0.378 e. The van der Waals surface area contributed by atoms with Crippen LogP contribution in [0.2, 0.25) is 5.02 Å². The summed E-state index contributed by atoms with van der Waals surface area (Å²) in [4.78, 5) is 12.0. The molecule has 0 saturated carbocycles. The van der Waals surface area contributed by atoms with E-state index in [1.165, 1.54) is 0 Å². The molecule has 0 spiro atoms. The van der Waals surface area contributed by atoms with E-state index >= 15 is 0 Å². The first-order valence-electron chi connectivity index (χ1n) is 5.88. The fourth-order valence-corrected chi connectivity index (χ4v) is 1.89. The minimum atomic E-state index is -1.19. The summed E-state index contributed by atoms with van der Waals surface area (Å²) in [6, 6.07) is 14.0. The maximum atomic E-state index is 12.0. The van der Waals surface area contributed by atoms with Crippen molar-refractivity contribution in [2.45, 2.75) is 13.0 Å². The predicted molar refractivity (Wildman–Crippen MR) is 76.2 cm³/mol. The Labute approximate surface area is 116 Å². The van der Waals surface area contributed by atoms with Gasteiger partial charge in [-0.2, -0.15) is 0 Å². The Morgan fingerprint density at radius 1 is 1.21 bits per heavy atom. The molecule has 3 nitrogen and oxygen atoms in total. The van der Waals surface area contributed by atoms with Crippen LogP contribution < -0.4 is 5.32 Å². The van der Waals surface area contributed by atoms with Crippen LogP contribution in [0.4, 0.5) is 5.69 Å². The van der Waals surface area contributed by atoms with Gasteiger partial charge in [-0.1, -0.05) is 48.0 Å². The van der Waals surface area contributed by atoms with Gasteiger partial charge >= 0.3 is 0 Å². The zero-order valence-corrected chi connectivity index (χ0v) is 11.2. The Hall–Kier alpha value is -1.84. The van der Waals surface area contributed by atoms with Crippen LogP contribution in [0, 0.1) is 6.92 Å². The maximum Gasteiger partial charge on any atom is 0.257 e. The Bertz CT molecular complexity index is 584. The number of carbonyl (C=O) groups excluding carboxylic acids is 1. The molecule has 0 aliphatic carbocycles. The number of amides is 1. The van der Waals surface area contributed by atoms with E-state index in [9.17, 15) is 9.90 Å². The van der Waals surface area contributed by atoms with Crippen molar-refractivity contribution in [3.8, 4) is 0 Å². The van der Waals surface area contributed by atoms with Crippen LogP contribution >= 0.6 is 11.6 Å². The van der Waals surface area contributed by atoms with Crippen molar-refractivity contribution in [1.29, 1.82) is 0 Å². The lowest BCUT2D eigenvalue weighted by Crippen LogP contribution is -2.21. The van der Waals surface area contributed by atoms with Crippen LogP contribution in [0.1, 0.15) is 17.2 Å². The second-order valence-electron chi connectivity index (χ2n) is 4.26. The molecule has 0 aliphatic rings. The zero-order valence-electron chi connectivity index (χ0n) is 10.4. The van der Waals surface area contributed by atoms with E-state index in [1.807, 2.05) is 19.1 Å². The minimum absolute atomic E-state index is 0.475. The van der Waals surface area contributed by atoms with Crippen molar-refractivity contribution >= 4 is 23.2 Å². The lowest BCUT2D eigenvalue weighted by Gasteiger charge is -2.13. The number of halogens is 1. The summed E-state index contributed by atoms with van der Waals surface area (Å²) < 4.78 is 0. The van der Waals surface area contributed by atoms with Gasteiger partial charge in [-0.05, 0) is 30.2 Å². The van der Waals surface area contributed by atoms with Gasteiger partial charge in [0.15, 0.2) is 6.10 Å². The molecule has 0 saturated heterocycles. The molecule has 19 heavy (non-hydrogen) atoms. The van der Waals surface area contributed by atoms with Gasteiger partial charge in [-0.3, -0.25) is 4.79 Å². The molecule has 0 fully saturated rings. The van der Waals surface area contributed by atoms with Gasteiger partial charge in [-0.15, -0.1) is 0 Å². The van der Waals surface area contributed by atoms with Crippen molar-refractivity contribution in [3.05, 3.63) is 64.7 Å². The Balaban J connectivity index is 2.15. The SMILES string of the molecule is Cc1ccc(Cl)cc1NC(=O)C(O)c1ccccc1. The normalized spacial score (nSPS) is 11.9. The first kappa shape index (κ1) is 13.6. The monoisotopic (exact) mass is 275 g/mol. The molecule has 1 unspecified atom stereocenters. The topological polar surface area (TPSA) is 49.3 Å². The van der Waals surface area contributed by atoms with Gasteiger partial charge in [0.2, 0.25) is 0 Å². The molecule has 2 rings (SSSR count). The second kappa shape index (κ2) is 5.87. The molecule has 0 aliphatic heterocycles. The molecule has 1 atom stereocenters.